The topological polar surface area (TPSA) is 480 Å². The molecule has 1 aromatic rings. The van der Waals surface area contributed by atoms with Crippen LogP contribution in [0.5, 0.6) is 0 Å². The number of carbonyl (C=O) groups is 14. The lowest BCUT2D eigenvalue weighted by Crippen LogP contribution is -2.62. The van der Waals surface area contributed by atoms with Crippen LogP contribution in [0.25, 0.3) is 0 Å². The van der Waals surface area contributed by atoms with E-state index >= 15 is 0 Å². The first-order chi connectivity index (χ1) is 39.2. The van der Waals surface area contributed by atoms with Crippen molar-refractivity contribution < 1.29 is 87.5 Å². The summed E-state index contributed by atoms with van der Waals surface area (Å²) >= 11 is 1.28. The molecule has 0 bridgehead atoms. The maximum Gasteiger partial charge on any atom is 0.326 e. The maximum atomic E-state index is 14.2. The molecule has 30 heteroatoms. The monoisotopic (exact) mass is 1210 g/mol. The van der Waals surface area contributed by atoms with E-state index in [4.69, 9.17) is 11.5 Å². The minimum atomic E-state index is -1.77. The number of nitrogens with one attached hydrogen (secondary N) is 9. The van der Waals surface area contributed by atoms with Gasteiger partial charge in [0.05, 0.1) is 12.5 Å². The molecule has 0 aliphatic heterocycles. The number of amides is 10. The molecule has 1 rings (SSSR count). The summed E-state index contributed by atoms with van der Waals surface area (Å²) < 4.78 is 0. The summed E-state index contributed by atoms with van der Waals surface area (Å²) in [5.74, 6) is -17.8. The quantitative estimate of drug-likeness (QED) is 0.0346. The fourth-order valence-electron chi connectivity index (χ4n) is 8.01. The van der Waals surface area contributed by atoms with Crippen LogP contribution in [0.2, 0.25) is 0 Å². The molecule has 1 aromatic carbocycles. The van der Waals surface area contributed by atoms with Gasteiger partial charge in [0.1, 0.15) is 54.4 Å². The van der Waals surface area contributed by atoms with E-state index in [9.17, 15) is 87.5 Å². The smallest absolute Gasteiger partial charge is 0.326 e. The Hall–Kier alpha value is -7.89. The second kappa shape index (κ2) is 37.3. The zero-order chi connectivity index (χ0) is 64.1. The number of rotatable bonds is 40. The fraction of sp³-hybridized carbons (Fsp3) is 0.630. The van der Waals surface area contributed by atoms with Gasteiger partial charge < -0.3 is 79.7 Å². The molecule has 84 heavy (non-hydrogen) atoms. The number of benzene rings is 1. The summed E-state index contributed by atoms with van der Waals surface area (Å²) in [4.78, 5) is 184. The van der Waals surface area contributed by atoms with Crippen molar-refractivity contribution >= 4 is 94.7 Å². The van der Waals surface area contributed by atoms with E-state index in [0.29, 0.717) is 5.56 Å². The number of aliphatic carboxylic acids is 4. The van der Waals surface area contributed by atoms with Crippen LogP contribution in [0.4, 0.5) is 0 Å². The van der Waals surface area contributed by atoms with Crippen molar-refractivity contribution in [1.82, 2.24) is 47.9 Å². The highest BCUT2D eigenvalue weighted by molar-refractivity contribution is 7.98. The average molecular weight is 1210 g/mol. The molecule has 0 aliphatic rings. The molecule has 17 N–H and O–H groups in total. The number of nitrogens with two attached hydrogens (primary N) is 2. The van der Waals surface area contributed by atoms with Crippen LogP contribution in [0.15, 0.2) is 30.3 Å². The molecule has 0 aliphatic carbocycles. The van der Waals surface area contributed by atoms with Crippen LogP contribution in [0.3, 0.4) is 0 Å². The number of thioether (sulfide) groups is 1. The van der Waals surface area contributed by atoms with Crippen molar-refractivity contribution in [3.05, 3.63) is 35.9 Å². The van der Waals surface area contributed by atoms with Crippen LogP contribution in [-0.2, 0) is 73.5 Å². The number of carboxylic acid groups (broad SMARTS) is 4. The van der Waals surface area contributed by atoms with Crippen molar-refractivity contribution in [3.8, 4) is 0 Å². The molecule has 11 atom stereocenters. The second-order valence-electron chi connectivity index (χ2n) is 21.2. The Balaban J connectivity index is 3.58. The number of carbonyl (C=O) groups excluding carboxylic acids is 10. The third kappa shape index (κ3) is 27.0. The zero-order valence-electron chi connectivity index (χ0n) is 48.8. The predicted molar refractivity (Wildman–Crippen MR) is 305 cm³/mol. The SMILES string of the molecule is CC[C@H](C)[C@H](NC(=O)[C@H](CC(N)=O)NC(=O)[C@H](CCC(=O)O)NC(=O)[C@@H](N)C(C)C)C(=O)N[C@@H](CCSC)C(=O)N[C@H](C(=O)N[C@@H](CCC(=O)O)C(=O)N[C@@H](CCC(=O)O)C(=O)N[C@@H](Cc1ccccc1)C(=O)N[C@H](C(=O)O)C(C)C)C(C)C. The van der Waals surface area contributed by atoms with Gasteiger partial charge in [0.25, 0.3) is 0 Å². The van der Waals surface area contributed by atoms with Gasteiger partial charge in [-0.05, 0) is 66.9 Å². The Kier molecular flexibility index (Phi) is 32.9. The molecule has 0 radical (unpaired) electrons. The first-order valence-electron chi connectivity index (χ1n) is 27.4. The highest BCUT2D eigenvalue weighted by Gasteiger charge is 2.38. The molecule has 0 heterocycles. The number of carboxylic acids is 4. The molecule has 29 nitrogen and oxygen atoms in total. The third-order valence-corrected chi connectivity index (χ3v) is 14.0. The molecule has 0 aromatic heterocycles. The number of hydrogen-bond acceptors (Lipinski definition) is 16. The van der Waals surface area contributed by atoms with Crippen LogP contribution in [0.1, 0.15) is 119 Å². The van der Waals surface area contributed by atoms with Crippen molar-refractivity contribution in [2.45, 2.75) is 180 Å². The third-order valence-electron chi connectivity index (χ3n) is 13.3. The van der Waals surface area contributed by atoms with Crippen molar-refractivity contribution in [2.75, 3.05) is 12.0 Å². The summed E-state index contributed by atoms with van der Waals surface area (Å²) in [5, 5.41) is 60.2. The van der Waals surface area contributed by atoms with Crippen LogP contribution in [0, 0.1) is 23.7 Å². The molecule has 0 saturated carbocycles. The van der Waals surface area contributed by atoms with Gasteiger partial charge in [0.15, 0.2) is 0 Å². The molecule has 10 amide bonds. The van der Waals surface area contributed by atoms with Gasteiger partial charge in [-0.15, -0.1) is 0 Å². The lowest BCUT2D eigenvalue weighted by Gasteiger charge is -2.30. The molecular formula is C54H85N11O18S. The highest BCUT2D eigenvalue weighted by Crippen LogP contribution is 2.15. The zero-order valence-corrected chi connectivity index (χ0v) is 49.6. The summed E-state index contributed by atoms with van der Waals surface area (Å²) in [6.45, 7) is 12.6. The number of primary amides is 1. The van der Waals surface area contributed by atoms with Gasteiger partial charge >= 0.3 is 23.9 Å². The molecular weight excluding hydrogens is 1120 g/mol. The Morgan fingerprint density at radius 3 is 1.21 bits per heavy atom. The van der Waals surface area contributed by atoms with E-state index in [1.807, 2.05) is 0 Å². The van der Waals surface area contributed by atoms with Gasteiger partial charge in [-0.2, -0.15) is 11.8 Å². The predicted octanol–water partition coefficient (Wildman–Crippen LogP) is -1.76. The summed E-state index contributed by atoms with van der Waals surface area (Å²) in [7, 11) is 0. The minimum Gasteiger partial charge on any atom is -0.481 e. The lowest BCUT2D eigenvalue weighted by molar-refractivity contribution is -0.143. The van der Waals surface area contributed by atoms with Gasteiger partial charge in [-0.25, -0.2) is 4.79 Å². The summed E-state index contributed by atoms with van der Waals surface area (Å²) in [6.07, 6.45) is -2.79. The number of hydrogen-bond donors (Lipinski definition) is 15. The first-order valence-corrected chi connectivity index (χ1v) is 28.8. The Bertz CT molecular complexity index is 2470. The Morgan fingerprint density at radius 1 is 0.452 bits per heavy atom. The molecule has 0 fully saturated rings. The van der Waals surface area contributed by atoms with E-state index in [0.717, 1.165) is 0 Å². The fourth-order valence-corrected chi connectivity index (χ4v) is 8.48. The van der Waals surface area contributed by atoms with Gasteiger partial charge in [-0.3, -0.25) is 62.3 Å². The molecule has 0 spiro atoms. The maximum absolute atomic E-state index is 14.2. The lowest BCUT2D eigenvalue weighted by atomic mass is 9.96. The van der Waals surface area contributed by atoms with E-state index in [-0.39, 0.29) is 25.0 Å². The molecule has 0 saturated heterocycles. The normalized spacial score (nSPS) is 15.1. The van der Waals surface area contributed by atoms with E-state index in [1.54, 1.807) is 78.1 Å². The highest BCUT2D eigenvalue weighted by atomic mass is 32.2. The minimum absolute atomic E-state index is 0.0637. The van der Waals surface area contributed by atoms with Crippen molar-refractivity contribution in [2.24, 2.45) is 35.1 Å². The van der Waals surface area contributed by atoms with Crippen LogP contribution >= 0.6 is 11.8 Å². The Morgan fingerprint density at radius 2 is 0.810 bits per heavy atom. The van der Waals surface area contributed by atoms with Crippen molar-refractivity contribution in [1.29, 1.82) is 0 Å². The summed E-state index contributed by atoms with van der Waals surface area (Å²) in [5.41, 5.74) is 11.9. The van der Waals surface area contributed by atoms with Crippen molar-refractivity contribution in [3.63, 3.8) is 0 Å². The first kappa shape index (κ1) is 74.1. The largest absolute Gasteiger partial charge is 0.481 e. The molecule has 0 unspecified atom stereocenters. The van der Waals surface area contributed by atoms with Gasteiger partial charge in [0.2, 0.25) is 59.1 Å². The van der Waals surface area contributed by atoms with E-state index in [2.05, 4.69) is 47.9 Å². The van der Waals surface area contributed by atoms with E-state index < -0.39 is 212 Å². The standard InChI is InChI=1S/C54H85N11O18S/c1-10-29(8)44(65-50(78)36(25-37(55)66)62-47(75)32(17-20-39(69)70)58-51(79)41(56)26(2)3)53(81)60-34(22-23-84-9)48(76)63-42(27(4)5)52(80)59-33(18-21-40(71)72)45(73)57-31(16-19-38(67)68)46(74)61-35(24-30-14-12-11-13-15-30)49(77)64-43(28(6)7)54(82)83/h11-15,26-29,31-36,41-44H,10,16-25,56H2,1-9H3,(H2,55,66)(H,57,73)(H,58,79)(H,59,80)(H,60,81)(H,61,74)(H,62,75)(H,63,76)(H,64,77)(H,65,78)(H,67,68)(H,69,70)(H,71,72)(H,82,83)/t29-,31-,32-,33-,34-,35-,36-,41-,42-,43-,44-/m0/s1. The molecule has 470 valence electrons. The van der Waals surface area contributed by atoms with Gasteiger partial charge in [0, 0.05) is 25.7 Å². The average Bonchev–Trinajstić information content (AvgIpc) is 3.61. The van der Waals surface area contributed by atoms with E-state index in [1.165, 1.54) is 25.6 Å². The second-order valence-corrected chi connectivity index (χ2v) is 22.2. The van der Waals surface area contributed by atoms with Crippen LogP contribution in [-0.4, -0.2) is 176 Å². The Labute approximate surface area is 491 Å². The van der Waals surface area contributed by atoms with Crippen LogP contribution < -0.4 is 59.3 Å². The summed E-state index contributed by atoms with van der Waals surface area (Å²) in [6, 6.07) is -6.92. The van der Waals surface area contributed by atoms with Gasteiger partial charge in [-0.1, -0.05) is 92.1 Å².